The zero-order valence-electron chi connectivity index (χ0n) is 10.7. The van der Waals surface area contributed by atoms with Gasteiger partial charge in [0, 0.05) is 18.7 Å². The predicted octanol–water partition coefficient (Wildman–Crippen LogP) is 1.03. The van der Waals surface area contributed by atoms with Crippen molar-refractivity contribution in [2.45, 2.75) is 13.8 Å². The number of amides is 2. The molecule has 0 heterocycles. The summed E-state index contributed by atoms with van der Waals surface area (Å²) in [5.74, 6) is -0.0235. The lowest BCUT2D eigenvalue weighted by atomic mass is 10.2. The Labute approximate surface area is 107 Å². The number of nitrogens with zero attached hydrogens (tertiary/aromatic N) is 1. The first-order valence-corrected chi connectivity index (χ1v) is 5.88. The third-order valence-corrected chi connectivity index (χ3v) is 2.53. The van der Waals surface area contributed by atoms with Gasteiger partial charge in [0.15, 0.2) is 6.61 Å². The van der Waals surface area contributed by atoms with Crippen molar-refractivity contribution >= 4 is 11.8 Å². The first-order chi connectivity index (χ1) is 8.58. The lowest BCUT2D eigenvalue weighted by Gasteiger charge is -2.18. The summed E-state index contributed by atoms with van der Waals surface area (Å²) in [6.45, 7) is 5.06. The van der Waals surface area contributed by atoms with Gasteiger partial charge in [0.25, 0.3) is 11.8 Å². The van der Waals surface area contributed by atoms with E-state index in [0.29, 0.717) is 24.4 Å². The number of primary amides is 1. The highest BCUT2D eigenvalue weighted by molar-refractivity contribution is 5.94. The lowest BCUT2D eigenvalue weighted by molar-refractivity contribution is -0.119. The molecule has 1 aromatic carbocycles. The molecule has 1 rings (SSSR count). The van der Waals surface area contributed by atoms with Crippen LogP contribution in [0.15, 0.2) is 24.3 Å². The molecule has 18 heavy (non-hydrogen) atoms. The average molecular weight is 250 g/mol. The molecule has 0 atom stereocenters. The van der Waals surface area contributed by atoms with Gasteiger partial charge in [-0.25, -0.2) is 0 Å². The number of carbonyl (C=O) groups excluding carboxylic acids is 2. The van der Waals surface area contributed by atoms with E-state index in [1.165, 1.54) is 0 Å². The Morgan fingerprint density at radius 2 is 1.72 bits per heavy atom. The monoisotopic (exact) mass is 250 g/mol. The van der Waals surface area contributed by atoms with Crippen molar-refractivity contribution in [3.05, 3.63) is 29.8 Å². The molecule has 0 saturated carbocycles. The minimum absolute atomic E-state index is 0.0125. The maximum Gasteiger partial charge on any atom is 0.255 e. The van der Waals surface area contributed by atoms with Crippen molar-refractivity contribution in [3.8, 4) is 5.75 Å². The van der Waals surface area contributed by atoms with Crippen molar-refractivity contribution in [3.63, 3.8) is 0 Å². The Bertz CT molecular complexity index is 411. The summed E-state index contributed by atoms with van der Waals surface area (Å²) in [7, 11) is 0. The van der Waals surface area contributed by atoms with Crippen LogP contribution in [0, 0.1) is 0 Å². The summed E-state index contributed by atoms with van der Waals surface area (Å²) in [6, 6.07) is 6.66. The Kier molecular flexibility index (Phi) is 5.17. The second-order valence-electron chi connectivity index (χ2n) is 3.76. The standard InChI is InChI=1S/C13H18N2O3/c1-3-15(4-2)13(17)10-5-7-11(8-6-10)18-9-12(14)16/h5-8H,3-4,9H2,1-2H3,(H2,14,16). The second-order valence-corrected chi connectivity index (χ2v) is 3.76. The second kappa shape index (κ2) is 6.64. The molecule has 2 amide bonds. The maximum absolute atomic E-state index is 12.0. The number of rotatable bonds is 6. The van der Waals surface area contributed by atoms with Crippen LogP contribution in [0.4, 0.5) is 0 Å². The Morgan fingerprint density at radius 1 is 1.17 bits per heavy atom. The van der Waals surface area contributed by atoms with Gasteiger partial charge in [-0.2, -0.15) is 0 Å². The van der Waals surface area contributed by atoms with Gasteiger partial charge in [-0.1, -0.05) is 0 Å². The van der Waals surface area contributed by atoms with E-state index in [1.54, 1.807) is 29.2 Å². The summed E-state index contributed by atoms with van der Waals surface area (Å²) in [4.78, 5) is 24.3. The van der Waals surface area contributed by atoms with E-state index in [9.17, 15) is 9.59 Å². The van der Waals surface area contributed by atoms with Crippen LogP contribution >= 0.6 is 0 Å². The number of nitrogens with two attached hydrogens (primary N) is 1. The SMILES string of the molecule is CCN(CC)C(=O)c1ccc(OCC(N)=O)cc1. The molecule has 0 radical (unpaired) electrons. The fourth-order valence-corrected chi connectivity index (χ4v) is 1.54. The number of hydrogen-bond acceptors (Lipinski definition) is 3. The topological polar surface area (TPSA) is 72.6 Å². The normalized spacial score (nSPS) is 9.89. The van der Waals surface area contributed by atoms with Gasteiger partial charge < -0.3 is 15.4 Å². The molecule has 5 heteroatoms. The van der Waals surface area contributed by atoms with Gasteiger partial charge in [-0.3, -0.25) is 9.59 Å². The van der Waals surface area contributed by atoms with Crippen molar-refractivity contribution in [1.82, 2.24) is 4.90 Å². The third-order valence-electron chi connectivity index (χ3n) is 2.53. The summed E-state index contributed by atoms with van der Waals surface area (Å²) in [6.07, 6.45) is 0. The zero-order valence-corrected chi connectivity index (χ0v) is 10.7. The van der Waals surface area contributed by atoms with E-state index >= 15 is 0 Å². The first-order valence-electron chi connectivity index (χ1n) is 5.88. The average Bonchev–Trinajstić information content (AvgIpc) is 2.38. The third kappa shape index (κ3) is 3.76. The Hall–Kier alpha value is -2.04. The van der Waals surface area contributed by atoms with Crippen molar-refractivity contribution < 1.29 is 14.3 Å². The van der Waals surface area contributed by atoms with E-state index in [1.807, 2.05) is 13.8 Å². The van der Waals surface area contributed by atoms with Gasteiger partial charge in [-0.15, -0.1) is 0 Å². The molecule has 0 unspecified atom stereocenters. The van der Waals surface area contributed by atoms with Gasteiger partial charge in [0.2, 0.25) is 0 Å². The van der Waals surface area contributed by atoms with Crippen molar-refractivity contribution in [2.75, 3.05) is 19.7 Å². The number of carbonyl (C=O) groups is 2. The van der Waals surface area contributed by atoms with Crippen LogP contribution in [0.5, 0.6) is 5.75 Å². The molecule has 1 aromatic rings. The highest BCUT2D eigenvalue weighted by atomic mass is 16.5. The molecule has 98 valence electrons. The molecule has 0 bridgehead atoms. The van der Waals surface area contributed by atoms with Gasteiger partial charge in [-0.05, 0) is 38.1 Å². The van der Waals surface area contributed by atoms with Crippen LogP contribution in [-0.4, -0.2) is 36.4 Å². The van der Waals surface area contributed by atoms with Crippen LogP contribution in [0.1, 0.15) is 24.2 Å². The molecular formula is C13H18N2O3. The van der Waals surface area contributed by atoms with Crippen LogP contribution in [0.3, 0.4) is 0 Å². The molecule has 0 saturated heterocycles. The van der Waals surface area contributed by atoms with Crippen LogP contribution < -0.4 is 10.5 Å². The van der Waals surface area contributed by atoms with Crippen LogP contribution in [0.2, 0.25) is 0 Å². The molecule has 2 N–H and O–H groups in total. The molecular weight excluding hydrogens is 232 g/mol. The largest absolute Gasteiger partial charge is 0.484 e. The zero-order chi connectivity index (χ0) is 13.5. The Balaban J connectivity index is 2.70. The molecule has 0 fully saturated rings. The first kappa shape index (κ1) is 14.0. The van der Waals surface area contributed by atoms with Crippen LogP contribution in [0.25, 0.3) is 0 Å². The predicted molar refractivity (Wildman–Crippen MR) is 68.4 cm³/mol. The molecule has 0 spiro atoms. The molecule has 0 aromatic heterocycles. The van der Waals surface area contributed by atoms with E-state index in [4.69, 9.17) is 10.5 Å². The number of benzene rings is 1. The smallest absolute Gasteiger partial charge is 0.255 e. The molecule has 0 aliphatic carbocycles. The molecule has 0 aliphatic rings. The summed E-state index contributed by atoms with van der Waals surface area (Å²) >= 11 is 0. The summed E-state index contributed by atoms with van der Waals surface area (Å²) < 4.78 is 5.12. The van der Waals surface area contributed by atoms with Gasteiger partial charge >= 0.3 is 0 Å². The van der Waals surface area contributed by atoms with E-state index < -0.39 is 5.91 Å². The summed E-state index contributed by atoms with van der Waals surface area (Å²) in [5.41, 5.74) is 5.57. The highest BCUT2D eigenvalue weighted by Crippen LogP contribution is 2.13. The van der Waals surface area contributed by atoms with Crippen molar-refractivity contribution in [2.24, 2.45) is 5.73 Å². The Morgan fingerprint density at radius 3 is 2.17 bits per heavy atom. The minimum atomic E-state index is -0.529. The lowest BCUT2D eigenvalue weighted by Crippen LogP contribution is -2.30. The molecule has 0 aliphatic heterocycles. The highest BCUT2D eigenvalue weighted by Gasteiger charge is 2.11. The van der Waals surface area contributed by atoms with E-state index in [2.05, 4.69) is 0 Å². The maximum atomic E-state index is 12.0. The minimum Gasteiger partial charge on any atom is -0.484 e. The number of hydrogen-bond donors (Lipinski definition) is 1. The fourth-order valence-electron chi connectivity index (χ4n) is 1.54. The number of ether oxygens (including phenoxy) is 1. The van der Waals surface area contributed by atoms with Gasteiger partial charge in [0.1, 0.15) is 5.75 Å². The molecule has 5 nitrogen and oxygen atoms in total. The summed E-state index contributed by atoms with van der Waals surface area (Å²) in [5, 5.41) is 0. The quantitative estimate of drug-likeness (QED) is 0.819. The van der Waals surface area contributed by atoms with E-state index in [-0.39, 0.29) is 12.5 Å². The fraction of sp³-hybridized carbons (Fsp3) is 0.385. The van der Waals surface area contributed by atoms with E-state index in [0.717, 1.165) is 0 Å². The van der Waals surface area contributed by atoms with Gasteiger partial charge in [0.05, 0.1) is 0 Å². The van der Waals surface area contributed by atoms with Crippen molar-refractivity contribution in [1.29, 1.82) is 0 Å². The van der Waals surface area contributed by atoms with Crippen LogP contribution in [-0.2, 0) is 4.79 Å².